The van der Waals surface area contributed by atoms with E-state index in [0.717, 1.165) is 36.7 Å². The Kier molecular flexibility index (Phi) is 5.66. The molecule has 42 heavy (non-hydrogen) atoms. The monoisotopic (exact) mass is 571 g/mol. The SMILES string of the molecule is CCO[C@@H]1CC[C@H]2CC[C@]3(C[C@@H](C)[C@]45CCC(C)=C4C[C@]34[C@]3(C=CC[C@@]45C)C=C[C@@H]4[C@H](CCCO)CC[C@@]45CN53)[C@H]2C1. The Bertz CT molecular complexity index is 1270. The van der Waals surface area contributed by atoms with Crippen LogP contribution in [-0.2, 0) is 4.74 Å². The van der Waals surface area contributed by atoms with Gasteiger partial charge in [0.25, 0.3) is 0 Å². The number of hydrogen-bond acceptors (Lipinski definition) is 3. The summed E-state index contributed by atoms with van der Waals surface area (Å²) in [5.74, 6) is 3.94. The number of allylic oxidation sites excluding steroid dienone is 3. The van der Waals surface area contributed by atoms with Crippen LogP contribution >= 0.6 is 0 Å². The lowest BCUT2D eigenvalue weighted by atomic mass is 9.31. The summed E-state index contributed by atoms with van der Waals surface area (Å²) >= 11 is 0. The molecule has 5 saturated carbocycles. The lowest BCUT2D eigenvalue weighted by Crippen LogP contribution is -2.73. The van der Waals surface area contributed by atoms with Crippen molar-refractivity contribution in [2.75, 3.05) is 19.8 Å². The van der Waals surface area contributed by atoms with Crippen molar-refractivity contribution in [2.24, 2.45) is 51.2 Å². The van der Waals surface area contributed by atoms with Gasteiger partial charge in [-0.2, -0.15) is 0 Å². The summed E-state index contributed by atoms with van der Waals surface area (Å²) in [5.41, 5.74) is 5.51. The van der Waals surface area contributed by atoms with E-state index in [1.807, 2.05) is 5.57 Å². The van der Waals surface area contributed by atoms with Crippen molar-refractivity contribution in [1.29, 1.82) is 0 Å². The third-order valence-corrected chi connectivity index (χ3v) is 17.0. The van der Waals surface area contributed by atoms with Crippen LogP contribution in [-0.4, -0.2) is 46.9 Å². The second-order valence-corrected chi connectivity index (χ2v) is 17.4. The highest BCUT2D eigenvalue weighted by atomic mass is 16.5. The molecule has 6 fully saturated rings. The maximum Gasteiger partial charge on any atom is 0.0652 e. The van der Waals surface area contributed by atoms with E-state index < -0.39 is 0 Å². The Morgan fingerprint density at radius 3 is 2.81 bits per heavy atom. The lowest BCUT2D eigenvalue weighted by Gasteiger charge is -2.74. The van der Waals surface area contributed by atoms with Gasteiger partial charge in [0.15, 0.2) is 0 Å². The van der Waals surface area contributed by atoms with Gasteiger partial charge in [0.1, 0.15) is 0 Å². The van der Waals surface area contributed by atoms with E-state index in [1.54, 1.807) is 5.57 Å². The number of aliphatic hydroxyl groups is 1. The molecule has 1 N–H and O–H groups in total. The zero-order chi connectivity index (χ0) is 28.8. The molecule has 0 aromatic rings. The predicted octanol–water partition coefficient (Wildman–Crippen LogP) is 8.24. The Labute approximate surface area is 255 Å². The molecule has 0 radical (unpaired) electrons. The van der Waals surface area contributed by atoms with Gasteiger partial charge in [-0.15, -0.1) is 0 Å². The average Bonchev–Trinajstić information content (AvgIpc) is 3.18. The van der Waals surface area contributed by atoms with Gasteiger partial charge in [0.05, 0.1) is 11.6 Å². The van der Waals surface area contributed by atoms with Crippen LogP contribution < -0.4 is 0 Å². The van der Waals surface area contributed by atoms with Crippen LogP contribution in [0.1, 0.15) is 118 Å². The second kappa shape index (κ2) is 8.67. The van der Waals surface area contributed by atoms with Crippen LogP contribution in [0.15, 0.2) is 35.5 Å². The number of hydrogen-bond donors (Lipinski definition) is 1. The van der Waals surface area contributed by atoms with E-state index in [1.165, 1.54) is 90.0 Å². The van der Waals surface area contributed by atoms with E-state index in [9.17, 15) is 5.11 Å². The van der Waals surface area contributed by atoms with Gasteiger partial charge >= 0.3 is 0 Å². The number of rotatable bonds is 5. The molecule has 3 nitrogen and oxygen atoms in total. The molecule has 1 unspecified atom stereocenters. The van der Waals surface area contributed by atoms with Crippen molar-refractivity contribution in [2.45, 2.75) is 135 Å². The maximum atomic E-state index is 9.66. The molecule has 2 aliphatic heterocycles. The summed E-state index contributed by atoms with van der Waals surface area (Å²) in [6.07, 6.45) is 30.3. The third-order valence-electron chi connectivity index (χ3n) is 17.0. The first-order chi connectivity index (χ1) is 20.3. The highest BCUT2D eigenvalue weighted by Crippen LogP contribution is 2.90. The van der Waals surface area contributed by atoms with E-state index in [2.05, 4.69) is 56.9 Å². The molecule has 0 aromatic heterocycles. The molecule has 0 aromatic carbocycles. The number of aliphatic hydroxyl groups excluding tert-OH is 1. The smallest absolute Gasteiger partial charge is 0.0652 e. The molecule has 2 heterocycles. The van der Waals surface area contributed by atoms with E-state index in [4.69, 9.17) is 4.74 Å². The number of nitrogens with zero attached hydrogens (tertiary/aromatic N) is 1. The zero-order valence-corrected chi connectivity index (χ0v) is 27.1. The van der Waals surface area contributed by atoms with Gasteiger partial charge in [-0.3, -0.25) is 4.90 Å². The van der Waals surface area contributed by atoms with Gasteiger partial charge in [-0.05, 0) is 144 Å². The zero-order valence-electron chi connectivity index (χ0n) is 27.1. The van der Waals surface area contributed by atoms with Gasteiger partial charge < -0.3 is 9.84 Å². The summed E-state index contributed by atoms with van der Waals surface area (Å²) in [7, 11) is 0. The van der Waals surface area contributed by atoms with Gasteiger partial charge in [0, 0.05) is 36.1 Å². The Morgan fingerprint density at radius 1 is 1.10 bits per heavy atom. The topological polar surface area (TPSA) is 32.5 Å². The van der Waals surface area contributed by atoms with Crippen LogP contribution in [0.2, 0.25) is 0 Å². The average molecular weight is 572 g/mol. The molecule has 230 valence electrons. The first kappa shape index (κ1) is 27.4. The molecule has 2 bridgehead atoms. The van der Waals surface area contributed by atoms with Crippen molar-refractivity contribution in [3.05, 3.63) is 35.5 Å². The summed E-state index contributed by atoms with van der Waals surface area (Å²) in [6, 6.07) is 0. The van der Waals surface area contributed by atoms with E-state index in [-0.39, 0.29) is 11.0 Å². The highest BCUT2D eigenvalue weighted by molar-refractivity contribution is 5.54. The highest BCUT2D eigenvalue weighted by Gasteiger charge is 2.87. The first-order valence-corrected chi connectivity index (χ1v) is 18.4. The first-order valence-electron chi connectivity index (χ1n) is 18.4. The van der Waals surface area contributed by atoms with Crippen LogP contribution in [0.5, 0.6) is 0 Å². The molecule has 9 rings (SSSR count). The molecule has 4 spiro atoms. The van der Waals surface area contributed by atoms with Crippen LogP contribution in [0.25, 0.3) is 0 Å². The Hall–Kier alpha value is -0.900. The predicted molar refractivity (Wildman–Crippen MR) is 169 cm³/mol. The lowest BCUT2D eigenvalue weighted by molar-refractivity contribution is -0.237. The van der Waals surface area contributed by atoms with Crippen LogP contribution in [0.4, 0.5) is 0 Å². The molecular weight excluding hydrogens is 514 g/mol. The fourth-order valence-corrected chi connectivity index (χ4v) is 15.8. The molecule has 0 amide bonds. The number of ether oxygens (including phenoxy) is 1. The molecule has 13 atom stereocenters. The van der Waals surface area contributed by atoms with Gasteiger partial charge in [0.2, 0.25) is 0 Å². The Balaban J connectivity index is 1.26. The summed E-state index contributed by atoms with van der Waals surface area (Å²) in [6.45, 7) is 12.8. The van der Waals surface area contributed by atoms with Gasteiger partial charge in [-0.25, -0.2) is 0 Å². The van der Waals surface area contributed by atoms with E-state index >= 15 is 0 Å². The summed E-state index contributed by atoms with van der Waals surface area (Å²) in [4.78, 5) is 3.13. The normalized spacial score (nSPS) is 57.9. The fraction of sp³-hybridized carbons (Fsp3) is 0.846. The van der Waals surface area contributed by atoms with Crippen molar-refractivity contribution < 1.29 is 9.84 Å². The summed E-state index contributed by atoms with van der Waals surface area (Å²) < 4.78 is 6.48. The van der Waals surface area contributed by atoms with Crippen LogP contribution in [0.3, 0.4) is 0 Å². The van der Waals surface area contributed by atoms with Crippen molar-refractivity contribution >= 4 is 0 Å². The molecular formula is C39H57NO2. The maximum absolute atomic E-state index is 9.66. The van der Waals surface area contributed by atoms with Crippen molar-refractivity contribution in [1.82, 2.24) is 4.90 Å². The van der Waals surface area contributed by atoms with E-state index in [0.29, 0.717) is 40.4 Å². The van der Waals surface area contributed by atoms with Crippen LogP contribution in [0, 0.1) is 51.2 Å². The summed E-state index contributed by atoms with van der Waals surface area (Å²) in [5, 5.41) is 9.66. The third kappa shape index (κ3) is 2.73. The molecule has 1 saturated heterocycles. The minimum absolute atomic E-state index is 0.0561. The largest absolute Gasteiger partial charge is 0.396 e. The fourth-order valence-electron chi connectivity index (χ4n) is 15.8. The van der Waals surface area contributed by atoms with Crippen molar-refractivity contribution in [3.8, 4) is 0 Å². The molecule has 7 aliphatic carbocycles. The molecule has 9 aliphatic rings. The Morgan fingerprint density at radius 2 is 1.98 bits per heavy atom. The number of fused-ring (bicyclic) bond motifs is 3. The second-order valence-electron chi connectivity index (χ2n) is 17.4. The molecule has 3 heteroatoms. The van der Waals surface area contributed by atoms with Crippen molar-refractivity contribution in [3.63, 3.8) is 0 Å². The quantitative estimate of drug-likeness (QED) is 0.266. The van der Waals surface area contributed by atoms with Gasteiger partial charge in [-0.1, -0.05) is 49.3 Å². The minimum atomic E-state index is 0.0561. The standard InChI is InChI=1S/C39H57NO2/c1-5-42-30-10-9-29-12-17-35(32(29)22-30)23-27(3)38-20-11-26(2)33(38)24-39(35)34(38,4)15-7-16-37(39)19-14-31-28(8-6-21-41)13-18-36(31)25-40(36)37/h7,14,16,19,27-32,41H,5-6,8-13,15,17-18,20-25H2,1-4H3/t27-,28-,29+,30-,31-,32+,34-,35+,36-,37+,38-,39-,40?/m1/s1. The minimum Gasteiger partial charge on any atom is -0.396 e.